The molecule has 1 fully saturated rings. The lowest BCUT2D eigenvalue weighted by Crippen LogP contribution is -2.26. The number of methoxy groups -OCH3 is 1. The normalized spacial score (nSPS) is 18.6. The Morgan fingerprint density at radius 2 is 2.29 bits per heavy atom. The number of hydrogen-bond acceptors (Lipinski definition) is 5. The van der Waals surface area contributed by atoms with Crippen molar-refractivity contribution in [3.05, 3.63) is 11.3 Å². The number of aromatic nitrogens is 2. The summed E-state index contributed by atoms with van der Waals surface area (Å²) in [5, 5.41) is 6.80. The van der Waals surface area contributed by atoms with Gasteiger partial charge in [-0.25, -0.2) is 0 Å². The molecule has 5 heteroatoms. The van der Waals surface area contributed by atoms with Gasteiger partial charge in [0.15, 0.2) is 0 Å². The van der Waals surface area contributed by atoms with Gasteiger partial charge >= 0.3 is 6.01 Å². The van der Waals surface area contributed by atoms with Gasteiger partial charge in [0.05, 0.1) is 12.8 Å². The molecule has 1 saturated carbocycles. The molecule has 0 bridgehead atoms. The smallest absolute Gasteiger partial charge is 0.318 e. The van der Waals surface area contributed by atoms with Crippen molar-refractivity contribution >= 4 is 5.82 Å². The SMILES string of the molecule is COc1nc2c(c(NCC3CC3)n1)CNCC2. The molecule has 0 atom stereocenters. The summed E-state index contributed by atoms with van der Waals surface area (Å²) in [6.07, 6.45) is 3.64. The molecule has 5 nitrogen and oxygen atoms in total. The van der Waals surface area contributed by atoms with Crippen molar-refractivity contribution in [3.8, 4) is 6.01 Å². The van der Waals surface area contributed by atoms with E-state index in [4.69, 9.17) is 4.74 Å². The van der Waals surface area contributed by atoms with Crippen LogP contribution in [0.2, 0.25) is 0 Å². The highest BCUT2D eigenvalue weighted by Gasteiger charge is 2.23. The van der Waals surface area contributed by atoms with Crippen LogP contribution in [0.4, 0.5) is 5.82 Å². The van der Waals surface area contributed by atoms with E-state index < -0.39 is 0 Å². The molecule has 1 aromatic rings. The van der Waals surface area contributed by atoms with Crippen LogP contribution in [0, 0.1) is 5.92 Å². The van der Waals surface area contributed by atoms with Crippen LogP contribution in [0.3, 0.4) is 0 Å². The van der Waals surface area contributed by atoms with Crippen molar-refractivity contribution in [3.63, 3.8) is 0 Å². The molecule has 0 unspecified atom stereocenters. The summed E-state index contributed by atoms with van der Waals surface area (Å²) in [4.78, 5) is 8.84. The summed E-state index contributed by atoms with van der Waals surface area (Å²) in [5.41, 5.74) is 2.33. The van der Waals surface area contributed by atoms with Gasteiger partial charge in [0.2, 0.25) is 0 Å². The van der Waals surface area contributed by atoms with Crippen LogP contribution in [-0.4, -0.2) is 30.2 Å². The van der Waals surface area contributed by atoms with Crippen LogP contribution in [0.5, 0.6) is 6.01 Å². The highest BCUT2D eigenvalue weighted by atomic mass is 16.5. The Morgan fingerprint density at radius 1 is 1.41 bits per heavy atom. The van der Waals surface area contributed by atoms with E-state index in [-0.39, 0.29) is 0 Å². The summed E-state index contributed by atoms with van der Waals surface area (Å²) in [6, 6.07) is 0.476. The molecule has 0 spiro atoms. The number of rotatable bonds is 4. The third-order valence-electron chi connectivity index (χ3n) is 3.35. The average Bonchev–Trinajstić information content (AvgIpc) is 3.19. The zero-order chi connectivity index (χ0) is 11.7. The summed E-state index contributed by atoms with van der Waals surface area (Å²) >= 11 is 0. The van der Waals surface area contributed by atoms with Gasteiger partial charge in [-0.3, -0.25) is 0 Å². The van der Waals surface area contributed by atoms with Crippen molar-refractivity contribution in [1.82, 2.24) is 15.3 Å². The van der Waals surface area contributed by atoms with Gasteiger partial charge in [-0.2, -0.15) is 9.97 Å². The Balaban J connectivity index is 1.86. The predicted molar refractivity (Wildman–Crippen MR) is 65.2 cm³/mol. The van der Waals surface area contributed by atoms with E-state index in [0.717, 1.165) is 43.5 Å². The first-order chi connectivity index (χ1) is 8.36. The first-order valence-corrected chi connectivity index (χ1v) is 6.25. The topological polar surface area (TPSA) is 59.1 Å². The lowest BCUT2D eigenvalue weighted by molar-refractivity contribution is 0.376. The van der Waals surface area contributed by atoms with Crippen LogP contribution in [0.1, 0.15) is 24.1 Å². The number of hydrogen-bond donors (Lipinski definition) is 2. The van der Waals surface area contributed by atoms with Gasteiger partial charge in [0, 0.05) is 31.6 Å². The third kappa shape index (κ3) is 2.34. The first-order valence-electron chi connectivity index (χ1n) is 6.25. The van der Waals surface area contributed by atoms with Crippen molar-refractivity contribution < 1.29 is 4.74 Å². The van der Waals surface area contributed by atoms with Crippen molar-refractivity contribution in [1.29, 1.82) is 0 Å². The van der Waals surface area contributed by atoms with E-state index in [0.29, 0.717) is 6.01 Å². The molecule has 2 N–H and O–H groups in total. The quantitative estimate of drug-likeness (QED) is 0.812. The molecule has 1 aliphatic heterocycles. The second kappa shape index (κ2) is 4.49. The number of nitrogens with zero attached hydrogens (tertiary/aromatic N) is 2. The van der Waals surface area contributed by atoms with Gasteiger partial charge in [-0.05, 0) is 18.8 Å². The number of nitrogens with one attached hydrogen (secondary N) is 2. The molecule has 0 amide bonds. The molecule has 1 aliphatic carbocycles. The van der Waals surface area contributed by atoms with E-state index in [1.54, 1.807) is 7.11 Å². The molecule has 92 valence electrons. The Hall–Kier alpha value is -1.36. The fourth-order valence-electron chi connectivity index (χ4n) is 2.12. The van der Waals surface area contributed by atoms with E-state index >= 15 is 0 Å². The Morgan fingerprint density at radius 3 is 3.06 bits per heavy atom. The summed E-state index contributed by atoms with van der Waals surface area (Å²) in [7, 11) is 1.62. The fourth-order valence-corrected chi connectivity index (χ4v) is 2.12. The van der Waals surface area contributed by atoms with Crippen LogP contribution in [0.25, 0.3) is 0 Å². The van der Waals surface area contributed by atoms with Crippen molar-refractivity contribution in [2.24, 2.45) is 5.92 Å². The second-order valence-corrected chi connectivity index (χ2v) is 4.74. The second-order valence-electron chi connectivity index (χ2n) is 4.74. The first kappa shape index (κ1) is 10.8. The van der Waals surface area contributed by atoms with Crippen LogP contribution >= 0.6 is 0 Å². The molecule has 1 aromatic heterocycles. The van der Waals surface area contributed by atoms with E-state index in [1.807, 2.05) is 0 Å². The van der Waals surface area contributed by atoms with Gasteiger partial charge in [-0.15, -0.1) is 0 Å². The van der Waals surface area contributed by atoms with E-state index in [2.05, 4.69) is 20.6 Å². The zero-order valence-electron chi connectivity index (χ0n) is 10.1. The molecular weight excluding hydrogens is 216 g/mol. The minimum Gasteiger partial charge on any atom is -0.467 e. The van der Waals surface area contributed by atoms with Gasteiger partial charge in [-0.1, -0.05) is 0 Å². The van der Waals surface area contributed by atoms with Crippen molar-refractivity contribution in [2.45, 2.75) is 25.8 Å². The molecule has 17 heavy (non-hydrogen) atoms. The Labute approximate surface area is 101 Å². The summed E-state index contributed by atoms with van der Waals surface area (Å²) in [6.45, 7) is 2.86. The Kier molecular flexibility index (Phi) is 2.84. The minimum atomic E-state index is 0.476. The molecular formula is C12H18N4O. The third-order valence-corrected chi connectivity index (χ3v) is 3.35. The number of ether oxygens (including phenoxy) is 1. The van der Waals surface area contributed by atoms with Crippen molar-refractivity contribution in [2.75, 3.05) is 25.5 Å². The minimum absolute atomic E-state index is 0.476. The molecule has 0 radical (unpaired) electrons. The predicted octanol–water partition coefficient (Wildman–Crippen LogP) is 0.953. The van der Waals surface area contributed by atoms with E-state index in [1.165, 1.54) is 18.4 Å². The van der Waals surface area contributed by atoms with E-state index in [9.17, 15) is 0 Å². The maximum atomic E-state index is 5.16. The lowest BCUT2D eigenvalue weighted by atomic mass is 10.1. The van der Waals surface area contributed by atoms with Crippen LogP contribution in [0.15, 0.2) is 0 Å². The van der Waals surface area contributed by atoms with Crippen LogP contribution in [-0.2, 0) is 13.0 Å². The van der Waals surface area contributed by atoms with Gasteiger partial charge < -0.3 is 15.4 Å². The van der Waals surface area contributed by atoms with Gasteiger partial charge in [0.1, 0.15) is 5.82 Å². The standard InChI is InChI=1S/C12H18N4O/c1-17-12-15-10-4-5-13-7-9(10)11(16-12)14-6-8-2-3-8/h8,13H,2-7H2,1H3,(H,14,15,16). The van der Waals surface area contributed by atoms with Crippen LogP contribution < -0.4 is 15.4 Å². The Bertz CT molecular complexity index is 417. The monoisotopic (exact) mass is 234 g/mol. The maximum absolute atomic E-state index is 5.16. The fraction of sp³-hybridized carbons (Fsp3) is 0.667. The number of fused-ring (bicyclic) bond motifs is 1. The summed E-state index contributed by atoms with van der Waals surface area (Å²) < 4.78 is 5.16. The molecule has 0 aromatic carbocycles. The maximum Gasteiger partial charge on any atom is 0.318 e. The highest BCUT2D eigenvalue weighted by molar-refractivity contribution is 5.48. The number of anilines is 1. The summed E-state index contributed by atoms with van der Waals surface area (Å²) in [5.74, 6) is 1.79. The lowest BCUT2D eigenvalue weighted by Gasteiger charge is -2.20. The molecule has 2 aliphatic rings. The highest BCUT2D eigenvalue weighted by Crippen LogP contribution is 2.30. The molecule has 2 heterocycles. The molecule has 0 saturated heterocycles. The zero-order valence-corrected chi connectivity index (χ0v) is 10.1. The molecule has 3 rings (SSSR count). The average molecular weight is 234 g/mol. The van der Waals surface area contributed by atoms with Gasteiger partial charge in [0.25, 0.3) is 0 Å². The largest absolute Gasteiger partial charge is 0.467 e.